The predicted molar refractivity (Wildman–Crippen MR) is 48.8 cm³/mol. The summed E-state index contributed by atoms with van der Waals surface area (Å²) in [7, 11) is 0. The zero-order valence-electron chi connectivity index (χ0n) is 5.72. The van der Waals surface area contributed by atoms with Crippen LogP contribution < -0.4 is 0 Å². The molecule has 0 N–H and O–H groups in total. The number of nitrogens with zero attached hydrogens (tertiary/aromatic N) is 1. The van der Waals surface area contributed by atoms with Crippen LogP contribution in [0.4, 0.5) is 0 Å². The first-order valence-electron chi connectivity index (χ1n) is 3.40. The van der Waals surface area contributed by atoms with Gasteiger partial charge in [0, 0.05) is 18.3 Å². The smallest absolute Gasteiger partial charge is 0.0967 e. The van der Waals surface area contributed by atoms with Gasteiger partial charge in [0.2, 0.25) is 0 Å². The van der Waals surface area contributed by atoms with Gasteiger partial charge in [-0.2, -0.15) is 0 Å². The van der Waals surface area contributed by atoms with Crippen molar-refractivity contribution in [3.8, 4) is 0 Å². The summed E-state index contributed by atoms with van der Waals surface area (Å²) < 4.78 is 2.50. The van der Waals surface area contributed by atoms with Crippen molar-refractivity contribution in [3.05, 3.63) is 0 Å². The summed E-state index contributed by atoms with van der Waals surface area (Å²) in [5.41, 5.74) is 0. The Morgan fingerprint density at radius 2 is 2.10 bits per heavy atom. The predicted octanol–water partition coefficient (Wildman–Crippen LogP) is 2.53. The molecule has 0 aromatic heterocycles. The lowest BCUT2D eigenvalue weighted by Gasteiger charge is -2.32. The summed E-state index contributed by atoms with van der Waals surface area (Å²) in [6.07, 6.45) is 2.91. The second-order valence-electron chi connectivity index (χ2n) is 2.31. The van der Waals surface area contributed by atoms with Gasteiger partial charge in [-0.15, -0.1) is 23.2 Å². The molecular formula is C6H11Cl2NS. The van der Waals surface area contributed by atoms with Crippen LogP contribution in [0, 0.1) is 0 Å². The van der Waals surface area contributed by atoms with Crippen LogP contribution in [-0.4, -0.2) is 28.0 Å². The maximum atomic E-state index is 4.76. The molecule has 2 heterocycles. The number of fused-ring (bicyclic) bond motifs is 1. The van der Waals surface area contributed by atoms with Crippen molar-refractivity contribution < 1.29 is 0 Å². The van der Waals surface area contributed by atoms with Crippen molar-refractivity contribution in [3.63, 3.8) is 0 Å². The van der Waals surface area contributed by atoms with E-state index in [4.69, 9.17) is 23.2 Å². The number of alkyl halides is 2. The lowest BCUT2D eigenvalue weighted by Crippen LogP contribution is -2.37. The summed E-state index contributed by atoms with van der Waals surface area (Å²) in [6.45, 7) is 1.36. The molecule has 0 radical (unpaired) electrons. The van der Waals surface area contributed by atoms with Gasteiger partial charge >= 0.3 is 0 Å². The van der Waals surface area contributed by atoms with Gasteiger partial charge in [-0.25, -0.2) is 4.31 Å². The Kier molecular flexibility index (Phi) is 4.23. The third kappa shape index (κ3) is 2.19. The number of halogens is 2. The molecule has 10 heavy (non-hydrogen) atoms. The lowest BCUT2D eigenvalue weighted by atomic mass is 10.1. The molecule has 4 heteroatoms. The first-order valence-corrected chi connectivity index (χ1v) is 5.41. The van der Waals surface area contributed by atoms with Crippen molar-refractivity contribution in [2.45, 2.75) is 18.9 Å². The molecule has 2 rings (SSSR count). The summed E-state index contributed by atoms with van der Waals surface area (Å²) in [5.74, 6) is 1.38. The molecule has 0 bridgehead atoms. The van der Waals surface area contributed by atoms with Gasteiger partial charge in [0.1, 0.15) is 0 Å². The average molecular weight is 200 g/mol. The van der Waals surface area contributed by atoms with Gasteiger partial charge in [-0.05, 0) is 12.8 Å². The highest BCUT2D eigenvalue weighted by molar-refractivity contribution is 7.97. The fourth-order valence-electron chi connectivity index (χ4n) is 1.18. The zero-order chi connectivity index (χ0) is 7.40. The third-order valence-corrected chi connectivity index (χ3v) is 3.03. The Morgan fingerprint density at radius 3 is 2.30 bits per heavy atom. The van der Waals surface area contributed by atoms with Crippen LogP contribution >= 0.6 is 35.1 Å². The quantitative estimate of drug-likeness (QED) is 0.436. The molecule has 2 fully saturated rings. The zero-order valence-corrected chi connectivity index (χ0v) is 8.05. The van der Waals surface area contributed by atoms with Crippen LogP contribution in [0.3, 0.4) is 0 Å². The molecule has 60 valence electrons. The molecule has 0 saturated carbocycles. The van der Waals surface area contributed by atoms with E-state index in [-0.39, 0.29) is 5.34 Å². The Balaban J connectivity index is 0.000000148. The summed E-state index contributed by atoms with van der Waals surface area (Å²) in [5, 5.41) is 0.194. The van der Waals surface area contributed by atoms with Gasteiger partial charge in [-0.3, -0.25) is 0 Å². The number of hydrogen-bond donors (Lipinski definition) is 0. The Bertz CT molecular complexity index is 91.7. The van der Waals surface area contributed by atoms with E-state index in [2.05, 4.69) is 4.31 Å². The highest BCUT2D eigenvalue weighted by atomic mass is 35.5. The Hall–Kier alpha value is 0.890. The first-order chi connectivity index (χ1) is 4.88. The molecule has 0 amide bonds. The van der Waals surface area contributed by atoms with Gasteiger partial charge in [-0.1, -0.05) is 11.9 Å². The molecule has 0 aromatic rings. The standard InChI is InChI=1S/C5H9NS.CH2Cl2/c1-3-6-5(1)2-4-7-6;2-1-3/h5H,1-4H2;1H2. The normalized spacial score (nSPS) is 30.0. The first kappa shape index (κ1) is 8.98. The minimum absolute atomic E-state index is 0.194. The van der Waals surface area contributed by atoms with E-state index >= 15 is 0 Å². The minimum Gasteiger partial charge on any atom is -0.247 e. The SMILES string of the molecule is C1CC2CCN2S1.ClCCl. The molecule has 0 aromatic carbocycles. The van der Waals surface area contributed by atoms with E-state index in [1.54, 1.807) is 0 Å². The molecule has 1 atom stereocenters. The number of rotatable bonds is 0. The van der Waals surface area contributed by atoms with Crippen LogP contribution in [0.25, 0.3) is 0 Å². The summed E-state index contributed by atoms with van der Waals surface area (Å²) >= 11 is 11.6. The lowest BCUT2D eigenvalue weighted by molar-refractivity contribution is 0.234. The van der Waals surface area contributed by atoms with Gasteiger partial charge in [0.05, 0.1) is 5.34 Å². The van der Waals surface area contributed by atoms with E-state index in [0.29, 0.717) is 0 Å². The molecule has 2 saturated heterocycles. The second kappa shape index (κ2) is 4.70. The van der Waals surface area contributed by atoms with E-state index in [0.717, 1.165) is 6.04 Å². The monoisotopic (exact) mass is 199 g/mol. The van der Waals surface area contributed by atoms with E-state index in [1.165, 1.54) is 25.1 Å². The van der Waals surface area contributed by atoms with Crippen molar-refractivity contribution >= 4 is 35.1 Å². The van der Waals surface area contributed by atoms with Gasteiger partial charge in [0.15, 0.2) is 0 Å². The van der Waals surface area contributed by atoms with Crippen LogP contribution in [-0.2, 0) is 0 Å². The van der Waals surface area contributed by atoms with Crippen molar-refractivity contribution in [2.24, 2.45) is 0 Å². The van der Waals surface area contributed by atoms with Crippen LogP contribution in [0.5, 0.6) is 0 Å². The second-order valence-corrected chi connectivity index (χ2v) is 4.25. The average Bonchev–Trinajstić information content (AvgIpc) is 2.14. The van der Waals surface area contributed by atoms with E-state index in [9.17, 15) is 0 Å². The van der Waals surface area contributed by atoms with Crippen LogP contribution in [0.15, 0.2) is 0 Å². The van der Waals surface area contributed by atoms with Gasteiger partial charge in [0.25, 0.3) is 0 Å². The topological polar surface area (TPSA) is 3.24 Å². The molecular weight excluding hydrogens is 189 g/mol. The van der Waals surface area contributed by atoms with Gasteiger partial charge < -0.3 is 0 Å². The summed E-state index contributed by atoms with van der Waals surface area (Å²) in [4.78, 5) is 0. The molecule has 0 aliphatic carbocycles. The maximum Gasteiger partial charge on any atom is 0.0967 e. The fourth-order valence-corrected chi connectivity index (χ4v) is 2.45. The fraction of sp³-hybridized carbons (Fsp3) is 1.00. The van der Waals surface area contributed by atoms with E-state index < -0.39 is 0 Å². The minimum atomic E-state index is 0.194. The van der Waals surface area contributed by atoms with Crippen molar-refractivity contribution in [1.29, 1.82) is 0 Å². The molecule has 1 nitrogen and oxygen atoms in total. The van der Waals surface area contributed by atoms with Crippen LogP contribution in [0.1, 0.15) is 12.8 Å². The Morgan fingerprint density at radius 1 is 1.40 bits per heavy atom. The highest BCUT2D eigenvalue weighted by Crippen LogP contribution is 2.35. The third-order valence-electron chi connectivity index (χ3n) is 1.80. The molecule has 1 unspecified atom stereocenters. The van der Waals surface area contributed by atoms with Crippen molar-refractivity contribution in [2.75, 3.05) is 17.6 Å². The maximum absolute atomic E-state index is 4.76. The number of hydrogen-bond acceptors (Lipinski definition) is 2. The highest BCUT2D eigenvalue weighted by Gasteiger charge is 2.32. The largest absolute Gasteiger partial charge is 0.247 e. The van der Waals surface area contributed by atoms with Crippen LogP contribution in [0.2, 0.25) is 0 Å². The molecule has 2 aliphatic rings. The molecule has 0 spiro atoms. The Labute approximate surface area is 76.2 Å². The molecule has 2 aliphatic heterocycles. The van der Waals surface area contributed by atoms with Crippen molar-refractivity contribution in [1.82, 2.24) is 4.31 Å². The van der Waals surface area contributed by atoms with E-state index in [1.807, 2.05) is 11.9 Å². The summed E-state index contributed by atoms with van der Waals surface area (Å²) in [6, 6.07) is 0.991.